The Balaban J connectivity index is 1.59. The van der Waals surface area contributed by atoms with Gasteiger partial charge in [0.15, 0.2) is 5.58 Å². The summed E-state index contributed by atoms with van der Waals surface area (Å²) >= 11 is 0. The van der Waals surface area contributed by atoms with Crippen LogP contribution in [-0.4, -0.2) is 59.6 Å². The van der Waals surface area contributed by atoms with Crippen molar-refractivity contribution in [2.75, 3.05) is 32.8 Å². The third-order valence-electron chi connectivity index (χ3n) is 4.00. The van der Waals surface area contributed by atoms with Crippen molar-refractivity contribution in [1.29, 1.82) is 0 Å². The molecule has 2 aromatic rings. The van der Waals surface area contributed by atoms with Gasteiger partial charge in [0, 0.05) is 26.2 Å². The van der Waals surface area contributed by atoms with Gasteiger partial charge in [-0.3, -0.25) is 9.78 Å². The highest BCUT2D eigenvalue weighted by molar-refractivity contribution is 5.81. The standard InChI is InChI=1S/C16H19N3O5/c1-2-23-16(22)19-7-5-18(6-8-19)14(20)10-11-3-4-13-12(9-11)17-15(21)24-13/h3-4,9H,2,5-8,10H2,1H3,(H,17,21). The number of oxazole rings is 1. The number of hydrogen-bond donors (Lipinski definition) is 1. The Kier molecular flexibility index (Phi) is 4.54. The molecule has 0 radical (unpaired) electrons. The number of piperazine rings is 1. The summed E-state index contributed by atoms with van der Waals surface area (Å²) < 4.78 is 9.90. The van der Waals surface area contributed by atoms with Crippen LogP contribution >= 0.6 is 0 Å². The van der Waals surface area contributed by atoms with Gasteiger partial charge >= 0.3 is 11.8 Å². The molecule has 0 aliphatic carbocycles. The van der Waals surface area contributed by atoms with Crippen LogP contribution in [-0.2, 0) is 16.0 Å². The molecule has 0 bridgehead atoms. The molecule has 3 rings (SSSR count). The van der Waals surface area contributed by atoms with E-state index in [1.54, 1.807) is 34.9 Å². The van der Waals surface area contributed by atoms with Crippen LogP contribution in [0.1, 0.15) is 12.5 Å². The summed E-state index contributed by atoms with van der Waals surface area (Å²) in [5.41, 5.74) is 1.86. The van der Waals surface area contributed by atoms with Crippen molar-refractivity contribution in [3.05, 3.63) is 34.3 Å². The van der Waals surface area contributed by atoms with E-state index >= 15 is 0 Å². The highest BCUT2D eigenvalue weighted by Gasteiger charge is 2.24. The number of aromatic nitrogens is 1. The lowest BCUT2D eigenvalue weighted by Gasteiger charge is -2.34. The molecule has 1 fully saturated rings. The Labute approximate surface area is 138 Å². The SMILES string of the molecule is CCOC(=O)N1CCN(C(=O)Cc2ccc3oc(=O)[nH]c3c2)CC1. The van der Waals surface area contributed by atoms with E-state index in [0.29, 0.717) is 43.9 Å². The first-order valence-corrected chi connectivity index (χ1v) is 7.88. The molecule has 2 amide bonds. The van der Waals surface area contributed by atoms with Gasteiger partial charge in [-0.25, -0.2) is 9.59 Å². The molecule has 1 N–H and O–H groups in total. The molecule has 0 spiro atoms. The zero-order chi connectivity index (χ0) is 17.1. The molecule has 1 aromatic carbocycles. The summed E-state index contributed by atoms with van der Waals surface area (Å²) in [4.78, 5) is 41.1. The maximum absolute atomic E-state index is 12.4. The second kappa shape index (κ2) is 6.77. The fourth-order valence-corrected chi connectivity index (χ4v) is 2.75. The first kappa shape index (κ1) is 16.1. The predicted octanol–water partition coefficient (Wildman–Crippen LogP) is 0.964. The number of nitrogens with one attached hydrogen (secondary N) is 1. The normalized spacial score (nSPS) is 14.9. The summed E-state index contributed by atoms with van der Waals surface area (Å²) in [6.45, 7) is 4.03. The van der Waals surface area contributed by atoms with Crippen molar-refractivity contribution in [2.45, 2.75) is 13.3 Å². The lowest BCUT2D eigenvalue weighted by molar-refractivity contribution is -0.132. The summed E-state index contributed by atoms with van der Waals surface area (Å²) in [6.07, 6.45) is -0.0956. The topological polar surface area (TPSA) is 95.8 Å². The average Bonchev–Trinajstić information content (AvgIpc) is 2.94. The van der Waals surface area contributed by atoms with Gasteiger partial charge in [-0.15, -0.1) is 0 Å². The third kappa shape index (κ3) is 3.42. The predicted molar refractivity (Wildman–Crippen MR) is 85.7 cm³/mol. The quantitative estimate of drug-likeness (QED) is 0.903. The third-order valence-corrected chi connectivity index (χ3v) is 4.00. The molecular weight excluding hydrogens is 314 g/mol. The molecule has 1 aliphatic heterocycles. The number of H-pyrrole nitrogens is 1. The molecule has 1 aromatic heterocycles. The molecular formula is C16H19N3O5. The minimum atomic E-state index is -0.511. The molecule has 128 valence electrons. The molecule has 24 heavy (non-hydrogen) atoms. The number of nitrogens with zero attached hydrogens (tertiary/aromatic N) is 2. The van der Waals surface area contributed by atoms with Crippen LogP contribution in [0.2, 0.25) is 0 Å². The minimum absolute atomic E-state index is 0.0105. The largest absolute Gasteiger partial charge is 0.450 e. The van der Waals surface area contributed by atoms with Gasteiger partial charge in [0.25, 0.3) is 0 Å². The zero-order valence-corrected chi connectivity index (χ0v) is 13.4. The molecule has 1 saturated heterocycles. The number of amides is 2. The number of carbonyl (C=O) groups excluding carboxylic acids is 2. The molecule has 8 heteroatoms. The maximum Gasteiger partial charge on any atom is 0.417 e. The number of hydrogen-bond acceptors (Lipinski definition) is 5. The molecule has 8 nitrogen and oxygen atoms in total. The number of fused-ring (bicyclic) bond motifs is 1. The molecule has 2 heterocycles. The average molecular weight is 333 g/mol. The molecule has 0 unspecified atom stereocenters. The number of carbonyl (C=O) groups is 2. The van der Waals surface area contributed by atoms with E-state index in [9.17, 15) is 14.4 Å². The van der Waals surface area contributed by atoms with Crippen LogP contribution in [0.4, 0.5) is 4.79 Å². The van der Waals surface area contributed by atoms with Crippen molar-refractivity contribution in [3.63, 3.8) is 0 Å². The Bertz CT molecular complexity index is 801. The maximum atomic E-state index is 12.4. The van der Waals surface area contributed by atoms with Gasteiger partial charge in [-0.05, 0) is 24.6 Å². The van der Waals surface area contributed by atoms with Crippen LogP contribution in [0.25, 0.3) is 11.1 Å². The smallest absolute Gasteiger partial charge is 0.417 e. The van der Waals surface area contributed by atoms with Crippen LogP contribution in [0.5, 0.6) is 0 Å². The summed E-state index contributed by atoms with van der Waals surface area (Å²) in [6, 6.07) is 5.19. The van der Waals surface area contributed by atoms with Crippen molar-refractivity contribution in [2.24, 2.45) is 0 Å². The summed E-state index contributed by atoms with van der Waals surface area (Å²) in [5.74, 6) is -0.521. The van der Waals surface area contributed by atoms with Gasteiger partial charge in [0.1, 0.15) is 0 Å². The van der Waals surface area contributed by atoms with E-state index in [1.165, 1.54) is 0 Å². The second-order valence-electron chi connectivity index (χ2n) is 5.59. The van der Waals surface area contributed by atoms with Crippen LogP contribution in [0.15, 0.2) is 27.4 Å². The Morgan fingerprint density at radius 1 is 1.21 bits per heavy atom. The number of benzene rings is 1. The fraction of sp³-hybridized carbons (Fsp3) is 0.438. The monoisotopic (exact) mass is 333 g/mol. The highest BCUT2D eigenvalue weighted by Crippen LogP contribution is 2.14. The Hall–Kier alpha value is -2.77. The summed E-state index contributed by atoms with van der Waals surface area (Å²) in [7, 11) is 0. The second-order valence-corrected chi connectivity index (χ2v) is 5.59. The van der Waals surface area contributed by atoms with Gasteiger partial charge in [0.2, 0.25) is 5.91 Å². The highest BCUT2D eigenvalue weighted by atomic mass is 16.6. The van der Waals surface area contributed by atoms with E-state index < -0.39 is 5.76 Å². The number of ether oxygens (including phenoxy) is 1. The van der Waals surface area contributed by atoms with Gasteiger partial charge in [-0.1, -0.05) is 6.07 Å². The zero-order valence-electron chi connectivity index (χ0n) is 13.4. The van der Waals surface area contributed by atoms with Crippen LogP contribution in [0, 0.1) is 0 Å². The number of aromatic amines is 1. The minimum Gasteiger partial charge on any atom is -0.450 e. The molecule has 0 atom stereocenters. The number of rotatable bonds is 3. The van der Waals surface area contributed by atoms with Crippen molar-refractivity contribution in [1.82, 2.24) is 14.8 Å². The Morgan fingerprint density at radius 3 is 2.62 bits per heavy atom. The molecule has 0 saturated carbocycles. The van der Waals surface area contributed by atoms with Crippen LogP contribution in [0.3, 0.4) is 0 Å². The summed E-state index contributed by atoms with van der Waals surface area (Å²) in [5, 5.41) is 0. The van der Waals surface area contributed by atoms with E-state index in [4.69, 9.17) is 9.15 Å². The van der Waals surface area contributed by atoms with E-state index in [1.807, 2.05) is 0 Å². The van der Waals surface area contributed by atoms with Gasteiger partial charge in [-0.2, -0.15) is 0 Å². The van der Waals surface area contributed by atoms with Gasteiger partial charge in [0.05, 0.1) is 18.5 Å². The first-order valence-electron chi connectivity index (χ1n) is 7.88. The van der Waals surface area contributed by atoms with E-state index in [2.05, 4.69) is 4.98 Å². The van der Waals surface area contributed by atoms with Crippen molar-refractivity contribution in [3.8, 4) is 0 Å². The lowest BCUT2D eigenvalue weighted by atomic mass is 10.1. The first-order chi connectivity index (χ1) is 11.6. The van der Waals surface area contributed by atoms with Crippen molar-refractivity contribution < 1.29 is 18.7 Å². The lowest BCUT2D eigenvalue weighted by Crippen LogP contribution is -2.51. The van der Waals surface area contributed by atoms with E-state index in [-0.39, 0.29) is 18.4 Å². The van der Waals surface area contributed by atoms with Crippen molar-refractivity contribution >= 4 is 23.1 Å². The Morgan fingerprint density at radius 2 is 1.92 bits per heavy atom. The van der Waals surface area contributed by atoms with Crippen LogP contribution < -0.4 is 5.76 Å². The van der Waals surface area contributed by atoms with Gasteiger partial charge < -0.3 is 19.0 Å². The fourth-order valence-electron chi connectivity index (χ4n) is 2.75. The van der Waals surface area contributed by atoms with E-state index in [0.717, 1.165) is 5.56 Å². The molecule has 1 aliphatic rings.